The second-order valence-electron chi connectivity index (χ2n) is 5.23. The average Bonchev–Trinajstić information content (AvgIpc) is 2.82. The van der Waals surface area contributed by atoms with Gasteiger partial charge < -0.3 is 10.6 Å². The van der Waals surface area contributed by atoms with Crippen LogP contribution >= 0.6 is 0 Å². The molecule has 126 valence electrons. The monoisotopic (exact) mass is 323 g/mol. The van der Waals surface area contributed by atoms with Crippen molar-refractivity contribution in [1.29, 1.82) is 0 Å². The van der Waals surface area contributed by atoms with Crippen LogP contribution in [0.3, 0.4) is 0 Å². The molecule has 1 rings (SSSR count). The molecule has 0 aromatic carbocycles. The van der Waals surface area contributed by atoms with Gasteiger partial charge in [-0.05, 0) is 19.8 Å². The number of imide groups is 1. The van der Waals surface area contributed by atoms with Crippen molar-refractivity contribution in [3.8, 4) is 0 Å². The Bertz CT molecular complexity index is 509. The molecule has 1 aliphatic heterocycles. The lowest BCUT2D eigenvalue weighted by molar-refractivity contribution is -0.137. The number of carbonyl (C=O) groups is 5. The van der Waals surface area contributed by atoms with E-state index in [4.69, 9.17) is 0 Å². The van der Waals surface area contributed by atoms with E-state index >= 15 is 0 Å². The second kappa shape index (κ2) is 9.50. The van der Waals surface area contributed by atoms with Gasteiger partial charge in [0.1, 0.15) is 5.78 Å². The van der Waals surface area contributed by atoms with Crippen LogP contribution < -0.4 is 10.6 Å². The minimum Gasteiger partial charge on any atom is -0.348 e. The van der Waals surface area contributed by atoms with E-state index in [0.717, 1.165) is 0 Å². The lowest BCUT2D eigenvalue weighted by atomic mass is 10.2. The van der Waals surface area contributed by atoms with E-state index in [1.807, 2.05) is 0 Å². The Morgan fingerprint density at radius 2 is 1.52 bits per heavy atom. The molecule has 0 saturated heterocycles. The van der Waals surface area contributed by atoms with Crippen LogP contribution in [0.25, 0.3) is 0 Å². The molecule has 2 N–H and O–H groups in total. The van der Waals surface area contributed by atoms with Gasteiger partial charge in [-0.15, -0.1) is 0 Å². The molecule has 23 heavy (non-hydrogen) atoms. The molecule has 0 spiro atoms. The summed E-state index contributed by atoms with van der Waals surface area (Å²) in [6.45, 7) is 1.50. The topological polar surface area (TPSA) is 113 Å². The SMILES string of the molecule is CC(=O)CNC(=O)CNC(=O)CCCCCN1C(=O)C=CC1=O. The number of hydrogen-bond donors (Lipinski definition) is 2. The maximum Gasteiger partial charge on any atom is 0.253 e. The van der Waals surface area contributed by atoms with E-state index in [9.17, 15) is 24.0 Å². The van der Waals surface area contributed by atoms with E-state index in [1.165, 1.54) is 24.0 Å². The van der Waals surface area contributed by atoms with Crippen LogP contribution in [0.4, 0.5) is 0 Å². The van der Waals surface area contributed by atoms with Crippen LogP contribution in [0, 0.1) is 0 Å². The molecule has 0 aromatic heterocycles. The Balaban J connectivity index is 2.04. The zero-order valence-electron chi connectivity index (χ0n) is 13.1. The van der Waals surface area contributed by atoms with Crippen molar-refractivity contribution >= 4 is 29.4 Å². The number of Topliss-reactive ketones (excluding diaryl/α,β-unsaturated/α-hetero) is 1. The molecule has 8 heteroatoms. The smallest absolute Gasteiger partial charge is 0.253 e. The fourth-order valence-corrected chi connectivity index (χ4v) is 1.94. The molecule has 0 saturated carbocycles. The van der Waals surface area contributed by atoms with Gasteiger partial charge in [0.05, 0.1) is 13.1 Å². The summed E-state index contributed by atoms with van der Waals surface area (Å²) in [4.78, 5) is 57.2. The van der Waals surface area contributed by atoms with Crippen LogP contribution in [-0.4, -0.2) is 53.9 Å². The Labute approximate surface area is 134 Å². The van der Waals surface area contributed by atoms with E-state index in [2.05, 4.69) is 10.6 Å². The zero-order valence-corrected chi connectivity index (χ0v) is 13.1. The number of nitrogens with one attached hydrogen (secondary N) is 2. The van der Waals surface area contributed by atoms with Gasteiger partial charge >= 0.3 is 0 Å². The molecule has 1 heterocycles. The molecule has 8 nitrogen and oxygen atoms in total. The maximum absolute atomic E-state index is 11.5. The van der Waals surface area contributed by atoms with E-state index in [1.54, 1.807) is 0 Å². The Morgan fingerprint density at radius 1 is 0.913 bits per heavy atom. The minimum absolute atomic E-state index is 0.0441. The van der Waals surface area contributed by atoms with Crippen molar-refractivity contribution in [2.75, 3.05) is 19.6 Å². The Hall–Kier alpha value is -2.51. The normalized spacial score (nSPS) is 13.3. The van der Waals surface area contributed by atoms with Crippen LogP contribution in [0.1, 0.15) is 32.6 Å². The Kier molecular flexibility index (Phi) is 7.65. The predicted octanol–water partition coefficient (Wildman–Crippen LogP) is -0.707. The summed E-state index contributed by atoms with van der Waals surface area (Å²) in [5, 5.41) is 4.84. The summed E-state index contributed by atoms with van der Waals surface area (Å²) in [7, 11) is 0. The molecule has 0 atom stereocenters. The third kappa shape index (κ3) is 7.35. The van der Waals surface area contributed by atoms with Crippen molar-refractivity contribution in [2.24, 2.45) is 0 Å². The van der Waals surface area contributed by atoms with Crippen molar-refractivity contribution in [2.45, 2.75) is 32.6 Å². The van der Waals surface area contributed by atoms with Gasteiger partial charge in [-0.3, -0.25) is 28.9 Å². The molecule has 0 aromatic rings. The molecule has 0 fully saturated rings. The maximum atomic E-state index is 11.5. The standard InChI is InChI=1S/C15H21N3O5/c1-11(19)9-16-13(21)10-17-12(20)5-3-2-4-8-18-14(22)6-7-15(18)23/h6-7H,2-5,8-10H2,1H3,(H,16,21)(H,17,20). The second-order valence-corrected chi connectivity index (χ2v) is 5.23. The van der Waals surface area contributed by atoms with E-state index < -0.39 is 5.91 Å². The minimum atomic E-state index is -0.410. The first kappa shape index (κ1) is 18.5. The zero-order chi connectivity index (χ0) is 17.2. The van der Waals surface area contributed by atoms with Gasteiger partial charge in [-0.2, -0.15) is 0 Å². The number of nitrogens with zero attached hydrogens (tertiary/aromatic N) is 1. The lowest BCUT2D eigenvalue weighted by Gasteiger charge is -2.13. The summed E-state index contributed by atoms with van der Waals surface area (Å²) in [6, 6.07) is 0. The number of hydrogen-bond acceptors (Lipinski definition) is 5. The highest BCUT2D eigenvalue weighted by Crippen LogP contribution is 2.07. The first-order valence-electron chi connectivity index (χ1n) is 7.46. The van der Waals surface area contributed by atoms with Gasteiger partial charge in [0.25, 0.3) is 11.8 Å². The molecule has 0 unspecified atom stereocenters. The number of amides is 4. The molecular weight excluding hydrogens is 302 g/mol. The fourth-order valence-electron chi connectivity index (χ4n) is 1.94. The van der Waals surface area contributed by atoms with Crippen molar-refractivity contribution in [3.05, 3.63) is 12.2 Å². The highest BCUT2D eigenvalue weighted by Gasteiger charge is 2.22. The van der Waals surface area contributed by atoms with Gasteiger partial charge in [-0.25, -0.2) is 0 Å². The Morgan fingerprint density at radius 3 is 2.13 bits per heavy atom. The molecule has 0 aliphatic carbocycles. The summed E-state index contributed by atoms with van der Waals surface area (Å²) >= 11 is 0. The third-order valence-electron chi connectivity index (χ3n) is 3.17. The quantitative estimate of drug-likeness (QED) is 0.407. The molecular formula is C15H21N3O5. The van der Waals surface area contributed by atoms with Crippen molar-refractivity contribution < 1.29 is 24.0 Å². The van der Waals surface area contributed by atoms with Crippen molar-refractivity contribution in [3.63, 3.8) is 0 Å². The highest BCUT2D eigenvalue weighted by atomic mass is 16.2. The van der Waals surface area contributed by atoms with Crippen LogP contribution in [0.15, 0.2) is 12.2 Å². The van der Waals surface area contributed by atoms with Crippen molar-refractivity contribution in [1.82, 2.24) is 15.5 Å². The van der Waals surface area contributed by atoms with Gasteiger partial charge in [0, 0.05) is 25.1 Å². The first-order chi connectivity index (χ1) is 10.9. The first-order valence-corrected chi connectivity index (χ1v) is 7.46. The predicted molar refractivity (Wildman–Crippen MR) is 81.0 cm³/mol. The summed E-state index contributed by atoms with van der Waals surface area (Å²) in [6.07, 6.45) is 4.68. The van der Waals surface area contributed by atoms with Crippen LogP contribution in [0.5, 0.6) is 0 Å². The highest BCUT2D eigenvalue weighted by molar-refractivity contribution is 6.12. The number of rotatable bonds is 10. The van der Waals surface area contributed by atoms with E-state index in [0.29, 0.717) is 25.8 Å². The molecule has 0 radical (unpaired) electrons. The molecule has 4 amide bonds. The summed E-state index contributed by atoms with van der Waals surface area (Å²) in [5.41, 5.74) is 0. The lowest BCUT2D eigenvalue weighted by Crippen LogP contribution is -2.38. The van der Waals surface area contributed by atoms with E-state index in [-0.39, 0.29) is 43.0 Å². The van der Waals surface area contributed by atoms with Gasteiger partial charge in [0.15, 0.2) is 0 Å². The summed E-state index contributed by atoms with van der Waals surface area (Å²) in [5.74, 6) is -1.42. The summed E-state index contributed by atoms with van der Waals surface area (Å²) < 4.78 is 0. The largest absolute Gasteiger partial charge is 0.348 e. The van der Waals surface area contributed by atoms with Crippen LogP contribution in [-0.2, 0) is 24.0 Å². The van der Waals surface area contributed by atoms with Gasteiger partial charge in [0.2, 0.25) is 11.8 Å². The van der Waals surface area contributed by atoms with Crippen LogP contribution in [0.2, 0.25) is 0 Å². The molecule has 0 bridgehead atoms. The fraction of sp³-hybridized carbons (Fsp3) is 0.533. The number of unbranched alkanes of at least 4 members (excludes halogenated alkanes) is 2. The number of ketones is 1. The van der Waals surface area contributed by atoms with Gasteiger partial charge in [-0.1, -0.05) is 6.42 Å². The average molecular weight is 323 g/mol. The molecule has 1 aliphatic rings. The third-order valence-corrected chi connectivity index (χ3v) is 3.17. The number of carbonyl (C=O) groups excluding carboxylic acids is 5.